The molecule has 12 heavy (non-hydrogen) atoms. The van der Waals surface area contributed by atoms with E-state index in [1.165, 1.54) is 0 Å². The number of amides is 1. The largest absolute Gasteiger partial charge is 0.370 e. The maximum Gasteiger partial charge on any atom is 0.219 e. The molecule has 1 aliphatic rings. The van der Waals surface area contributed by atoms with Crippen LogP contribution in [0.4, 0.5) is 0 Å². The van der Waals surface area contributed by atoms with Crippen LogP contribution in [-0.2, 0) is 4.79 Å². The van der Waals surface area contributed by atoms with E-state index >= 15 is 0 Å². The van der Waals surface area contributed by atoms with E-state index in [1.54, 1.807) is 0 Å². The van der Waals surface area contributed by atoms with Gasteiger partial charge >= 0.3 is 0 Å². The highest BCUT2D eigenvalue weighted by Gasteiger charge is 2.40. The van der Waals surface area contributed by atoms with E-state index in [0.717, 1.165) is 19.3 Å². The molecule has 0 aromatic rings. The molecule has 1 aliphatic carbocycles. The Balaban J connectivity index is 2.58. The molecule has 1 amide bonds. The predicted molar refractivity (Wildman–Crippen MR) is 48.4 cm³/mol. The van der Waals surface area contributed by atoms with Crippen molar-refractivity contribution in [2.45, 2.75) is 45.1 Å². The normalized spacial score (nSPS) is 33.6. The van der Waals surface area contributed by atoms with Crippen molar-refractivity contribution in [1.82, 2.24) is 0 Å². The van der Waals surface area contributed by atoms with E-state index in [4.69, 9.17) is 11.5 Å². The number of nitrogens with two attached hydrogens (primary N) is 2. The Kier molecular flexibility index (Phi) is 2.17. The molecule has 1 rings (SSSR count). The molecule has 0 spiro atoms. The zero-order valence-corrected chi connectivity index (χ0v) is 7.89. The Morgan fingerprint density at radius 3 is 2.33 bits per heavy atom. The zero-order valence-electron chi connectivity index (χ0n) is 7.89. The SMILES string of the molecule is CC1(C)CCC(N)(CC(N)=O)C1. The van der Waals surface area contributed by atoms with Crippen LogP contribution in [0.15, 0.2) is 0 Å². The fourth-order valence-corrected chi connectivity index (χ4v) is 2.22. The molecule has 0 aromatic carbocycles. The monoisotopic (exact) mass is 170 g/mol. The van der Waals surface area contributed by atoms with E-state index in [-0.39, 0.29) is 16.9 Å². The molecule has 0 saturated heterocycles. The van der Waals surface area contributed by atoms with Crippen LogP contribution >= 0.6 is 0 Å². The maximum absolute atomic E-state index is 10.7. The summed E-state index contributed by atoms with van der Waals surface area (Å²) in [6.45, 7) is 4.37. The van der Waals surface area contributed by atoms with Gasteiger partial charge in [0.05, 0.1) is 0 Å². The van der Waals surface area contributed by atoms with E-state index in [2.05, 4.69) is 13.8 Å². The third-order valence-corrected chi connectivity index (χ3v) is 2.66. The number of hydrogen-bond acceptors (Lipinski definition) is 2. The summed E-state index contributed by atoms with van der Waals surface area (Å²) in [5.74, 6) is -0.282. The van der Waals surface area contributed by atoms with Gasteiger partial charge in [-0.2, -0.15) is 0 Å². The van der Waals surface area contributed by atoms with Crippen molar-refractivity contribution in [2.75, 3.05) is 0 Å². The van der Waals surface area contributed by atoms with Gasteiger partial charge in [-0.25, -0.2) is 0 Å². The van der Waals surface area contributed by atoms with Gasteiger partial charge in [-0.05, 0) is 24.7 Å². The summed E-state index contributed by atoms with van der Waals surface area (Å²) < 4.78 is 0. The minimum atomic E-state index is -0.324. The second-order valence-electron chi connectivity index (χ2n) is 4.85. The van der Waals surface area contributed by atoms with Crippen molar-refractivity contribution < 1.29 is 4.79 Å². The molecular formula is C9H18N2O. The molecule has 1 atom stereocenters. The highest BCUT2D eigenvalue weighted by molar-refractivity contribution is 5.75. The van der Waals surface area contributed by atoms with Gasteiger partial charge in [0.1, 0.15) is 0 Å². The van der Waals surface area contributed by atoms with Gasteiger partial charge in [-0.15, -0.1) is 0 Å². The number of primary amides is 1. The molecule has 1 unspecified atom stereocenters. The molecule has 4 N–H and O–H groups in total. The highest BCUT2D eigenvalue weighted by atomic mass is 16.1. The van der Waals surface area contributed by atoms with Crippen molar-refractivity contribution in [3.05, 3.63) is 0 Å². The molecule has 0 radical (unpaired) electrons. The first-order valence-electron chi connectivity index (χ1n) is 4.40. The van der Waals surface area contributed by atoms with Crippen LogP contribution in [0.1, 0.15) is 39.5 Å². The van der Waals surface area contributed by atoms with Gasteiger partial charge in [0.15, 0.2) is 0 Å². The summed E-state index contributed by atoms with van der Waals surface area (Å²) in [5, 5.41) is 0. The van der Waals surface area contributed by atoms with Crippen LogP contribution < -0.4 is 11.5 Å². The lowest BCUT2D eigenvalue weighted by Gasteiger charge is -2.24. The number of carbonyl (C=O) groups excluding carboxylic acids is 1. The molecule has 3 heteroatoms. The summed E-state index contributed by atoms with van der Waals surface area (Å²) in [5.41, 5.74) is 11.1. The Hall–Kier alpha value is -0.570. The van der Waals surface area contributed by atoms with Gasteiger partial charge in [0, 0.05) is 12.0 Å². The van der Waals surface area contributed by atoms with Crippen molar-refractivity contribution in [3.8, 4) is 0 Å². The molecule has 1 fully saturated rings. The molecule has 3 nitrogen and oxygen atoms in total. The fraction of sp³-hybridized carbons (Fsp3) is 0.889. The maximum atomic E-state index is 10.7. The third kappa shape index (κ3) is 2.21. The Morgan fingerprint density at radius 2 is 2.00 bits per heavy atom. The Labute approximate surface area is 73.5 Å². The minimum absolute atomic E-state index is 0.282. The van der Waals surface area contributed by atoms with Gasteiger partial charge < -0.3 is 11.5 Å². The molecular weight excluding hydrogens is 152 g/mol. The first-order valence-corrected chi connectivity index (χ1v) is 4.40. The first kappa shape index (κ1) is 9.52. The van der Waals surface area contributed by atoms with Gasteiger partial charge in [0.25, 0.3) is 0 Å². The molecule has 1 saturated carbocycles. The lowest BCUT2D eigenvalue weighted by Crippen LogP contribution is -2.41. The van der Waals surface area contributed by atoms with E-state index in [1.807, 2.05) is 0 Å². The summed E-state index contributed by atoms with van der Waals surface area (Å²) >= 11 is 0. The molecule has 0 aromatic heterocycles. The van der Waals surface area contributed by atoms with Crippen molar-refractivity contribution in [2.24, 2.45) is 16.9 Å². The van der Waals surface area contributed by atoms with Crippen LogP contribution in [0.3, 0.4) is 0 Å². The quantitative estimate of drug-likeness (QED) is 0.642. The Morgan fingerprint density at radius 1 is 1.42 bits per heavy atom. The van der Waals surface area contributed by atoms with Gasteiger partial charge in [-0.1, -0.05) is 13.8 Å². The smallest absolute Gasteiger partial charge is 0.219 e. The van der Waals surface area contributed by atoms with Crippen LogP contribution in [0.5, 0.6) is 0 Å². The zero-order chi connectivity index (χ0) is 9.41. The number of hydrogen-bond donors (Lipinski definition) is 2. The lowest BCUT2D eigenvalue weighted by atomic mass is 9.86. The molecule has 0 aliphatic heterocycles. The standard InChI is InChI=1S/C9H18N2O/c1-8(2)3-4-9(11,6-8)5-7(10)12/h3-6,11H2,1-2H3,(H2,10,12). The molecule has 70 valence electrons. The van der Waals surface area contributed by atoms with Crippen LogP contribution in [-0.4, -0.2) is 11.4 Å². The van der Waals surface area contributed by atoms with Gasteiger partial charge in [0.2, 0.25) is 5.91 Å². The fourth-order valence-electron chi connectivity index (χ4n) is 2.22. The summed E-state index contributed by atoms with van der Waals surface area (Å²) in [6, 6.07) is 0. The Bertz CT molecular complexity index is 201. The number of rotatable bonds is 2. The lowest BCUT2D eigenvalue weighted by molar-refractivity contribution is -0.119. The van der Waals surface area contributed by atoms with Crippen molar-refractivity contribution in [1.29, 1.82) is 0 Å². The molecule has 0 heterocycles. The average Bonchev–Trinajstić information content (AvgIpc) is 2.03. The second kappa shape index (κ2) is 2.73. The van der Waals surface area contributed by atoms with Crippen molar-refractivity contribution >= 4 is 5.91 Å². The van der Waals surface area contributed by atoms with Crippen LogP contribution in [0.25, 0.3) is 0 Å². The second-order valence-corrected chi connectivity index (χ2v) is 4.85. The topological polar surface area (TPSA) is 69.1 Å². The van der Waals surface area contributed by atoms with Gasteiger partial charge in [-0.3, -0.25) is 4.79 Å². The van der Waals surface area contributed by atoms with Crippen LogP contribution in [0, 0.1) is 5.41 Å². The average molecular weight is 170 g/mol. The minimum Gasteiger partial charge on any atom is -0.370 e. The summed E-state index contributed by atoms with van der Waals surface area (Å²) in [7, 11) is 0. The van der Waals surface area contributed by atoms with Crippen LogP contribution in [0.2, 0.25) is 0 Å². The van der Waals surface area contributed by atoms with E-state index in [0.29, 0.717) is 6.42 Å². The predicted octanol–water partition coefficient (Wildman–Crippen LogP) is 0.769. The summed E-state index contributed by atoms with van der Waals surface area (Å²) in [6.07, 6.45) is 3.25. The van der Waals surface area contributed by atoms with Crippen molar-refractivity contribution in [3.63, 3.8) is 0 Å². The highest BCUT2D eigenvalue weighted by Crippen LogP contribution is 2.43. The first-order chi connectivity index (χ1) is 5.33. The van der Waals surface area contributed by atoms with E-state index in [9.17, 15) is 4.79 Å². The van der Waals surface area contributed by atoms with E-state index < -0.39 is 0 Å². The summed E-state index contributed by atoms with van der Waals surface area (Å²) in [4.78, 5) is 10.7. The third-order valence-electron chi connectivity index (χ3n) is 2.66. The number of carbonyl (C=O) groups is 1. The molecule has 0 bridgehead atoms.